The van der Waals surface area contributed by atoms with Crippen molar-refractivity contribution in [2.45, 2.75) is 18.1 Å². The molecule has 1 saturated heterocycles. The Morgan fingerprint density at radius 3 is 2.62 bits per heavy atom. The minimum absolute atomic E-state index is 0.0581. The van der Waals surface area contributed by atoms with Crippen LogP contribution in [0.15, 0.2) is 53.5 Å². The van der Waals surface area contributed by atoms with Crippen LogP contribution in [0.25, 0.3) is 0 Å². The molecule has 1 aliphatic heterocycles. The molecule has 0 radical (unpaired) electrons. The van der Waals surface area contributed by atoms with Crippen molar-refractivity contribution in [1.29, 1.82) is 0 Å². The first-order valence-electron chi connectivity index (χ1n) is 9.17. The normalized spacial score (nSPS) is 17.1. The highest BCUT2D eigenvalue weighted by Gasteiger charge is 2.32. The number of anilines is 1. The lowest BCUT2D eigenvalue weighted by molar-refractivity contribution is -0.122. The summed E-state index contributed by atoms with van der Waals surface area (Å²) in [6, 6.07) is 15.1. The van der Waals surface area contributed by atoms with Crippen LogP contribution in [0.1, 0.15) is 12.0 Å². The number of amides is 2. The van der Waals surface area contributed by atoms with E-state index in [4.69, 9.17) is 9.47 Å². The van der Waals surface area contributed by atoms with Gasteiger partial charge in [-0.1, -0.05) is 42.1 Å². The molecule has 152 valence electrons. The van der Waals surface area contributed by atoms with Gasteiger partial charge in [0.25, 0.3) is 0 Å². The number of carbonyl (C=O) groups excluding carboxylic acids is 2. The molecule has 7 nitrogen and oxygen atoms in total. The minimum Gasteiger partial charge on any atom is -0.493 e. The molecule has 0 aliphatic carbocycles. The van der Waals surface area contributed by atoms with Gasteiger partial charge in [0, 0.05) is 24.7 Å². The molecule has 0 saturated carbocycles. The second kappa shape index (κ2) is 9.97. The third kappa shape index (κ3) is 5.74. The molecular weight excluding hydrogens is 390 g/mol. The van der Waals surface area contributed by atoms with E-state index in [0.29, 0.717) is 28.9 Å². The van der Waals surface area contributed by atoms with Crippen LogP contribution in [-0.4, -0.2) is 43.0 Å². The van der Waals surface area contributed by atoms with Gasteiger partial charge in [0.1, 0.15) is 5.25 Å². The number of benzene rings is 2. The summed E-state index contributed by atoms with van der Waals surface area (Å²) in [5, 5.41) is 5.61. The Morgan fingerprint density at radius 1 is 1.14 bits per heavy atom. The van der Waals surface area contributed by atoms with Crippen LogP contribution in [0.5, 0.6) is 11.5 Å². The zero-order valence-electron chi connectivity index (χ0n) is 16.3. The molecule has 1 aliphatic rings. The van der Waals surface area contributed by atoms with E-state index in [-0.39, 0.29) is 18.2 Å². The van der Waals surface area contributed by atoms with Gasteiger partial charge in [0.05, 0.1) is 14.2 Å². The summed E-state index contributed by atoms with van der Waals surface area (Å²) in [7, 11) is 3.08. The molecule has 2 amide bonds. The number of amidine groups is 1. The quantitative estimate of drug-likeness (QED) is 0.695. The van der Waals surface area contributed by atoms with E-state index in [9.17, 15) is 9.59 Å². The average Bonchev–Trinajstić information content (AvgIpc) is 3.07. The number of ether oxygens (including phenoxy) is 2. The monoisotopic (exact) mass is 413 g/mol. The molecule has 0 aromatic heterocycles. The zero-order valence-corrected chi connectivity index (χ0v) is 17.1. The number of thioether (sulfide) groups is 1. The maximum atomic E-state index is 12.4. The first kappa shape index (κ1) is 20.7. The fourth-order valence-corrected chi connectivity index (χ4v) is 3.84. The van der Waals surface area contributed by atoms with E-state index in [1.165, 1.54) is 24.4 Å². The third-order valence-electron chi connectivity index (χ3n) is 4.31. The number of hydrogen-bond acceptors (Lipinski definition) is 6. The molecule has 8 heteroatoms. The zero-order chi connectivity index (χ0) is 20.6. The molecule has 0 bridgehead atoms. The van der Waals surface area contributed by atoms with E-state index >= 15 is 0 Å². The van der Waals surface area contributed by atoms with E-state index in [1.807, 2.05) is 30.3 Å². The third-order valence-corrected chi connectivity index (χ3v) is 5.43. The molecule has 29 heavy (non-hydrogen) atoms. The molecule has 2 aromatic rings. The standard InChI is InChI=1S/C21H23N3O4S/c1-27-16-9-8-15(12-17(16)28-2)23-19(25)13-18-20(26)24-21(29-18)22-11-10-14-6-4-3-5-7-14/h3-9,12,18H,10-11,13H2,1-2H3,(H,23,25)(H,22,24,26)/t18-/m0/s1. The molecule has 1 atom stereocenters. The first-order valence-corrected chi connectivity index (χ1v) is 10.0. The van der Waals surface area contributed by atoms with Crippen LogP contribution in [-0.2, 0) is 16.0 Å². The number of methoxy groups -OCH3 is 2. The lowest BCUT2D eigenvalue weighted by atomic mass is 10.2. The van der Waals surface area contributed by atoms with Crippen molar-refractivity contribution in [3.05, 3.63) is 54.1 Å². The molecule has 3 rings (SSSR count). The lowest BCUT2D eigenvalue weighted by Gasteiger charge is -2.11. The van der Waals surface area contributed by atoms with Gasteiger partial charge in [-0.15, -0.1) is 0 Å². The Bertz CT molecular complexity index is 902. The highest BCUT2D eigenvalue weighted by Crippen LogP contribution is 2.30. The van der Waals surface area contributed by atoms with Gasteiger partial charge in [0.15, 0.2) is 16.7 Å². The second-order valence-electron chi connectivity index (χ2n) is 6.34. The van der Waals surface area contributed by atoms with Crippen LogP contribution < -0.4 is 20.1 Å². The number of carbonyl (C=O) groups is 2. The van der Waals surface area contributed by atoms with Crippen LogP contribution in [0.2, 0.25) is 0 Å². The summed E-state index contributed by atoms with van der Waals surface area (Å²) < 4.78 is 10.4. The SMILES string of the molecule is COc1ccc(NC(=O)C[C@@H]2SC(=NCCc3ccccc3)NC2=O)cc1OC. The van der Waals surface area contributed by atoms with Crippen LogP contribution in [0.4, 0.5) is 5.69 Å². The van der Waals surface area contributed by atoms with Crippen molar-refractivity contribution >= 4 is 34.4 Å². The van der Waals surface area contributed by atoms with E-state index in [0.717, 1.165) is 6.42 Å². The molecule has 1 fully saturated rings. The first-order chi connectivity index (χ1) is 14.1. The summed E-state index contributed by atoms with van der Waals surface area (Å²) >= 11 is 1.29. The number of nitrogens with zero attached hydrogens (tertiary/aromatic N) is 1. The maximum Gasteiger partial charge on any atom is 0.240 e. The second-order valence-corrected chi connectivity index (χ2v) is 7.53. The highest BCUT2D eigenvalue weighted by atomic mass is 32.2. The Balaban J connectivity index is 1.51. The number of rotatable bonds is 8. The van der Waals surface area contributed by atoms with Crippen molar-refractivity contribution in [3.63, 3.8) is 0 Å². The number of nitrogens with one attached hydrogen (secondary N) is 2. The smallest absolute Gasteiger partial charge is 0.240 e. The Labute approximate surface area is 173 Å². The fourth-order valence-electron chi connectivity index (χ4n) is 2.84. The van der Waals surface area contributed by atoms with Crippen molar-refractivity contribution in [2.24, 2.45) is 4.99 Å². The average molecular weight is 413 g/mol. The van der Waals surface area contributed by atoms with E-state index in [1.54, 1.807) is 25.3 Å². The van der Waals surface area contributed by atoms with Gasteiger partial charge in [-0.3, -0.25) is 14.6 Å². The minimum atomic E-state index is -0.495. The molecular formula is C21H23N3O4S. The predicted octanol–water partition coefficient (Wildman–Crippen LogP) is 2.86. The van der Waals surface area contributed by atoms with Crippen molar-refractivity contribution in [2.75, 3.05) is 26.1 Å². The fraction of sp³-hybridized carbons (Fsp3) is 0.286. The van der Waals surface area contributed by atoms with Crippen molar-refractivity contribution in [1.82, 2.24) is 5.32 Å². The van der Waals surface area contributed by atoms with Crippen LogP contribution in [0.3, 0.4) is 0 Å². The number of hydrogen-bond donors (Lipinski definition) is 2. The van der Waals surface area contributed by atoms with Crippen LogP contribution in [0, 0.1) is 0 Å². The summed E-state index contributed by atoms with van der Waals surface area (Å²) in [6.45, 7) is 0.581. The summed E-state index contributed by atoms with van der Waals surface area (Å²) in [4.78, 5) is 29.0. The van der Waals surface area contributed by atoms with Gasteiger partial charge < -0.3 is 20.1 Å². The summed E-state index contributed by atoms with van der Waals surface area (Å²) in [5.74, 6) is 0.644. The Morgan fingerprint density at radius 2 is 1.90 bits per heavy atom. The molecule has 2 N–H and O–H groups in total. The Kier molecular flexibility index (Phi) is 7.13. The largest absolute Gasteiger partial charge is 0.493 e. The Hall–Kier alpha value is -3.00. The topological polar surface area (TPSA) is 89.0 Å². The van der Waals surface area contributed by atoms with Gasteiger partial charge >= 0.3 is 0 Å². The number of aliphatic imine (C=N–C) groups is 1. The molecule has 2 aromatic carbocycles. The van der Waals surface area contributed by atoms with Gasteiger partial charge in [-0.25, -0.2) is 0 Å². The molecule has 1 heterocycles. The maximum absolute atomic E-state index is 12.4. The van der Waals surface area contributed by atoms with Crippen molar-refractivity contribution in [3.8, 4) is 11.5 Å². The van der Waals surface area contributed by atoms with Crippen LogP contribution >= 0.6 is 11.8 Å². The van der Waals surface area contributed by atoms with Gasteiger partial charge in [-0.05, 0) is 24.1 Å². The van der Waals surface area contributed by atoms with Gasteiger partial charge in [-0.2, -0.15) is 0 Å². The van der Waals surface area contributed by atoms with E-state index in [2.05, 4.69) is 15.6 Å². The van der Waals surface area contributed by atoms with Crippen molar-refractivity contribution < 1.29 is 19.1 Å². The van der Waals surface area contributed by atoms with E-state index < -0.39 is 5.25 Å². The lowest BCUT2D eigenvalue weighted by Crippen LogP contribution is -2.28. The highest BCUT2D eigenvalue weighted by molar-refractivity contribution is 8.15. The molecule has 0 spiro atoms. The summed E-state index contributed by atoms with van der Waals surface area (Å²) in [6.07, 6.45) is 0.855. The summed E-state index contributed by atoms with van der Waals surface area (Å²) in [5.41, 5.74) is 1.77. The van der Waals surface area contributed by atoms with Gasteiger partial charge in [0.2, 0.25) is 11.8 Å². The molecule has 0 unspecified atom stereocenters. The predicted molar refractivity (Wildman–Crippen MR) is 115 cm³/mol.